The molecule has 3 aromatic carbocycles. The second-order valence-electron chi connectivity index (χ2n) is 18.6. The van der Waals surface area contributed by atoms with E-state index in [0.29, 0.717) is 12.8 Å². The molecule has 1 fully saturated rings. The van der Waals surface area contributed by atoms with Crippen LogP contribution >= 0.6 is 0 Å². The molecule has 0 aliphatic heterocycles. The first-order valence-corrected chi connectivity index (χ1v) is 21.6. The van der Waals surface area contributed by atoms with Crippen LogP contribution in [0.25, 0.3) is 0 Å². The van der Waals surface area contributed by atoms with Crippen molar-refractivity contribution in [1.82, 2.24) is 0 Å². The number of nitro groups is 2. The molecule has 2 bridgehead atoms. The highest BCUT2D eigenvalue weighted by atomic mass is 16.6. The largest absolute Gasteiger partial charge is 0.510 e. The summed E-state index contributed by atoms with van der Waals surface area (Å²) >= 11 is 0. The molecule has 12 heteroatoms. The number of rotatable bonds is 19. The van der Waals surface area contributed by atoms with Gasteiger partial charge in [-0.15, -0.1) is 0 Å². The number of carbonyl (C=O) groups excluding carboxylic acids is 3. The number of allylic oxidation sites excluding steroid dienone is 9. The van der Waals surface area contributed by atoms with Gasteiger partial charge in [0.2, 0.25) is 0 Å². The summed E-state index contributed by atoms with van der Waals surface area (Å²) in [5, 5.41) is 36.5. The van der Waals surface area contributed by atoms with E-state index in [1.807, 2.05) is 68.4 Å². The molecule has 0 heterocycles. The smallest absolute Gasteiger partial charge is 0.276 e. The number of aliphatic hydroxyl groups is 1. The molecule has 0 aromatic heterocycles. The zero-order valence-corrected chi connectivity index (χ0v) is 38.4. The molecule has 4 unspecified atom stereocenters. The van der Waals surface area contributed by atoms with E-state index in [1.165, 1.54) is 54.6 Å². The van der Waals surface area contributed by atoms with Crippen LogP contribution in [0.15, 0.2) is 125 Å². The van der Waals surface area contributed by atoms with Gasteiger partial charge in [0.1, 0.15) is 30.0 Å². The number of nitro benzene ring substituents is 2. The molecule has 0 radical (unpaired) electrons. The lowest BCUT2D eigenvalue weighted by Gasteiger charge is -2.60. The summed E-state index contributed by atoms with van der Waals surface area (Å²) in [6, 6.07) is 16.2. The number of hydrogen-bond donors (Lipinski definition) is 1. The molecule has 2 aliphatic rings. The second-order valence-corrected chi connectivity index (χ2v) is 18.6. The van der Waals surface area contributed by atoms with Gasteiger partial charge in [0, 0.05) is 17.7 Å². The third kappa shape index (κ3) is 9.56. The van der Waals surface area contributed by atoms with Gasteiger partial charge < -0.3 is 14.6 Å². The van der Waals surface area contributed by atoms with Gasteiger partial charge in [-0.05, 0) is 128 Å². The van der Waals surface area contributed by atoms with Crippen molar-refractivity contribution in [3.05, 3.63) is 162 Å². The Hall–Kier alpha value is -6.43. The number of nitrogens with zero attached hydrogens (tertiary/aromatic N) is 2. The molecule has 0 saturated heterocycles. The Morgan fingerprint density at radius 3 is 1.86 bits per heavy atom. The lowest BCUT2D eigenvalue weighted by atomic mass is 9.39. The molecule has 3 aromatic rings. The van der Waals surface area contributed by atoms with Crippen molar-refractivity contribution in [3.63, 3.8) is 0 Å². The van der Waals surface area contributed by atoms with E-state index in [4.69, 9.17) is 9.47 Å². The Morgan fingerprint density at radius 1 is 0.812 bits per heavy atom. The number of ether oxygens (including phenoxy) is 2. The van der Waals surface area contributed by atoms with Crippen LogP contribution in [-0.4, -0.2) is 32.3 Å². The molecule has 64 heavy (non-hydrogen) atoms. The van der Waals surface area contributed by atoms with Gasteiger partial charge in [-0.1, -0.05) is 85.2 Å². The van der Waals surface area contributed by atoms with Crippen LogP contribution in [0, 0.1) is 48.3 Å². The van der Waals surface area contributed by atoms with E-state index in [1.54, 1.807) is 12.1 Å². The van der Waals surface area contributed by atoms with Gasteiger partial charge in [0.05, 0.1) is 26.4 Å². The predicted octanol–water partition coefficient (Wildman–Crippen LogP) is 12.5. The number of Topliss-reactive ketones (excluding diaryl/α,β-unsaturated/α-hetero) is 3. The average Bonchev–Trinajstić information content (AvgIpc) is 3.23. The van der Waals surface area contributed by atoms with Gasteiger partial charge in [-0.2, -0.15) is 0 Å². The summed E-state index contributed by atoms with van der Waals surface area (Å²) in [6.45, 7) is 21.2. The Bertz CT molecular complexity index is 2500. The molecule has 12 nitrogen and oxygen atoms in total. The number of hydrogen-bond acceptors (Lipinski definition) is 10. The highest BCUT2D eigenvalue weighted by Gasteiger charge is 2.72. The van der Waals surface area contributed by atoms with E-state index in [9.17, 15) is 25.3 Å². The number of ketones is 3. The van der Waals surface area contributed by atoms with E-state index in [2.05, 4.69) is 18.7 Å². The number of fused-ring (bicyclic) bond motifs is 2. The lowest BCUT2D eigenvalue weighted by Crippen LogP contribution is -2.67. The molecule has 1 N–H and O–H groups in total. The summed E-state index contributed by atoms with van der Waals surface area (Å²) < 4.78 is 12.2. The maximum atomic E-state index is 15.7. The first kappa shape index (κ1) is 48.6. The van der Waals surface area contributed by atoms with Crippen molar-refractivity contribution in [2.45, 2.75) is 108 Å². The summed E-state index contributed by atoms with van der Waals surface area (Å²) in [6.07, 6.45) is 7.45. The van der Waals surface area contributed by atoms with E-state index < -0.39 is 54.8 Å². The third-order valence-electron chi connectivity index (χ3n) is 13.1. The third-order valence-corrected chi connectivity index (χ3v) is 13.1. The zero-order chi connectivity index (χ0) is 47.3. The van der Waals surface area contributed by atoms with Crippen molar-refractivity contribution >= 4 is 28.7 Å². The minimum absolute atomic E-state index is 0.0193. The van der Waals surface area contributed by atoms with Gasteiger partial charge in [-0.3, -0.25) is 34.6 Å². The van der Waals surface area contributed by atoms with Crippen LogP contribution < -0.4 is 9.47 Å². The highest BCUT2D eigenvalue weighted by molar-refractivity contribution is 6.35. The maximum absolute atomic E-state index is 15.7. The Labute approximate surface area is 375 Å². The molecule has 338 valence electrons. The van der Waals surface area contributed by atoms with E-state index in [0.717, 1.165) is 22.3 Å². The van der Waals surface area contributed by atoms with Crippen LogP contribution in [0.1, 0.15) is 116 Å². The molecular formula is C52H60N2O10. The van der Waals surface area contributed by atoms with Crippen LogP contribution in [0.5, 0.6) is 11.5 Å². The van der Waals surface area contributed by atoms with Crippen LogP contribution in [0.2, 0.25) is 0 Å². The fraction of sp³-hybridized carbons (Fsp3) is 0.404. The number of carbonyl (C=O) groups is 3. The minimum atomic E-state index is -1.74. The molecule has 0 amide bonds. The maximum Gasteiger partial charge on any atom is 0.276 e. The molecule has 1 saturated carbocycles. The summed E-state index contributed by atoms with van der Waals surface area (Å²) in [5.41, 5.74) is -0.971. The highest BCUT2D eigenvalue weighted by Crippen LogP contribution is 2.67. The van der Waals surface area contributed by atoms with E-state index in [-0.39, 0.29) is 83.9 Å². The quantitative estimate of drug-likeness (QED) is 0.0304. The fourth-order valence-electron chi connectivity index (χ4n) is 9.24. The van der Waals surface area contributed by atoms with Gasteiger partial charge in [0.25, 0.3) is 11.4 Å². The fourth-order valence-corrected chi connectivity index (χ4v) is 9.24. The van der Waals surface area contributed by atoms with E-state index >= 15 is 14.4 Å². The van der Waals surface area contributed by atoms with Crippen LogP contribution in [-0.2, 0) is 22.8 Å². The number of aliphatic hydroxyl groups excluding tert-OH is 1. The Kier molecular flexibility index (Phi) is 14.8. The SMILES string of the molecule is C=C(C)C(CC=C(C)C)CC12CC(CC=C(C)C)C(C)(C)C(CC=C(C)C)(C(=O)C(C(=O)c3ccc(OCc4ccccc4[N+](=O)[O-])c(OCc4ccccc4[N+](=O)[O-])c3)=C1O)C2=O. The Balaban J connectivity index is 1.74. The average molecular weight is 873 g/mol. The van der Waals surface area contributed by atoms with Crippen molar-refractivity contribution in [1.29, 1.82) is 0 Å². The molecule has 2 aliphatic carbocycles. The first-order valence-electron chi connectivity index (χ1n) is 21.6. The standard InChI is InChI=1S/C52H60N2O10/c1-32(2)19-21-37(35(7)8)28-51-29-40(23-20-33(3)4)50(9,10)52(49(51)58,26-25-34(5)6)48(57)45(47(51)56)46(55)36-22-24-43(63-30-38-15-11-13-17-41(38)53(59)60)44(27-36)64-31-39-16-12-14-18-42(39)54(61)62/h11-20,22,24-25,27,37,40,56H,7,21,23,26,28-31H2,1-6,8-10H3. The van der Waals surface area contributed by atoms with Crippen molar-refractivity contribution < 1.29 is 38.8 Å². The van der Waals surface area contributed by atoms with Crippen molar-refractivity contribution in [3.8, 4) is 11.5 Å². The number of benzene rings is 3. The van der Waals surface area contributed by atoms with Gasteiger partial charge >= 0.3 is 0 Å². The normalized spacial score (nSPS) is 20.4. The van der Waals surface area contributed by atoms with Crippen molar-refractivity contribution in [2.24, 2.45) is 28.1 Å². The molecule has 4 atom stereocenters. The van der Waals surface area contributed by atoms with Crippen LogP contribution in [0.4, 0.5) is 11.4 Å². The van der Waals surface area contributed by atoms with Gasteiger partial charge in [0.15, 0.2) is 28.8 Å². The predicted molar refractivity (Wildman–Crippen MR) is 247 cm³/mol. The molecular weight excluding hydrogens is 813 g/mol. The van der Waals surface area contributed by atoms with Gasteiger partial charge in [-0.25, -0.2) is 0 Å². The molecule has 0 spiro atoms. The minimum Gasteiger partial charge on any atom is -0.510 e. The Morgan fingerprint density at radius 2 is 1.34 bits per heavy atom. The second kappa shape index (κ2) is 19.5. The molecule has 5 rings (SSSR count). The van der Waals surface area contributed by atoms with Crippen LogP contribution in [0.3, 0.4) is 0 Å². The zero-order valence-electron chi connectivity index (χ0n) is 38.4. The monoisotopic (exact) mass is 872 g/mol. The summed E-state index contributed by atoms with van der Waals surface area (Å²) in [5.74, 6) is -3.07. The van der Waals surface area contributed by atoms with Crippen molar-refractivity contribution in [2.75, 3.05) is 0 Å². The lowest BCUT2D eigenvalue weighted by molar-refractivity contribution is -0.386. The topological polar surface area (TPSA) is 176 Å². The summed E-state index contributed by atoms with van der Waals surface area (Å²) in [4.78, 5) is 69.1. The summed E-state index contributed by atoms with van der Waals surface area (Å²) in [7, 11) is 0. The first-order chi connectivity index (χ1) is 30.1. The number of para-hydroxylation sites is 2.